The number of aryl methyl sites for hydroxylation is 1. The molecule has 1 N–H and O–H groups in total. The lowest BCUT2D eigenvalue weighted by atomic mass is 9.88. The minimum atomic E-state index is -0.723. The molecule has 10 nitrogen and oxygen atoms in total. The van der Waals surface area contributed by atoms with E-state index < -0.39 is 17.5 Å². The monoisotopic (exact) mass is 687 g/mol. The van der Waals surface area contributed by atoms with Gasteiger partial charge in [-0.25, -0.2) is 9.97 Å². The van der Waals surface area contributed by atoms with E-state index in [1.54, 1.807) is 28.7 Å². The van der Waals surface area contributed by atoms with Crippen molar-refractivity contribution in [2.45, 2.75) is 124 Å². The Balaban J connectivity index is 1.46. The third kappa shape index (κ3) is 9.92. The van der Waals surface area contributed by atoms with Gasteiger partial charge in [-0.3, -0.25) is 24.1 Å². The first-order valence-corrected chi connectivity index (χ1v) is 18.8. The van der Waals surface area contributed by atoms with E-state index in [2.05, 4.69) is 34.0 Å². The standard InChI is InChI=1S/C35H53N5O5S2/c1-21(2)15-25(16-31-36-23(5)19-46-31)37-32(43)26-20-47-33(38-26)30(45-24(6)41)17-28(22(3)4)40(8)34(44)35(12-13-35)18-29(42)27-11-9-10-14-39(27)7/h19-22,25,27-28,30H,9-18H2,1-8H3,(H,37,43)/t25-,27-,28-,30-/m1/s1. The molecule has 47 heavy (non-hydrogen) atoms. The highest BCUT2D eigenvalue weighted by Gasteiger charge is 2.54. The summed E-state index contributed by atoms with van der Waals surface area (Å²) in [4.78, 5) is 66.1. The minimum absolute atomic E-state index is 0.0181. The van der Waals surface area contributed by atoms with Crippen molar-refractivity contribution in [1.29, 1.82) is 0 Å². The number of Topliss-reactive ketones (excluding diaryl/α,β-unsaturated/α-hetero) is 1. The SMILES string of the molecule is CC(=O)O[C@H](C[C@H](C(C)C)N(C)C(=O)C1(CC(=O)[C@H]2CCCCN2C)CC1)c1nc(C(=O)N[C@@H](Cc2nc(C)cs2)CC(C)C)cs1. The van der Waals surface area contributed by atoms with Gasteiger partial charge in [-0.2, -0.15) is 0 Å². The summed E-state index contributed by atoms with van der Waals surface area (Å²) < 4.78 is 5.78. The number of amides is 2. The van der Waals surface area contributed by atoms with Gasteiger partial charge in [0.1, 0.15) is 10.7 Å². The molecular weight excluding hydrogens is 635 g/mol. The van der Waals surface area contributed by atoms with Crippen molar-refractivity contribution in [3.8, 4) is 0 Å². The minimum Gasteiger partial charge on any atom is -0.455 e. The maximum Gasteiger partial charge on any atom is 0.303 e. The molecule has 1 aliphatic carbocycles. The van der Waals surface area contributed by atoms with Crippen LogP contribution in [0.5, 0.6) is 0 Å². The first-order valence-electron chi connectivity index (χ1n) is 17.0. The number of ketones is 1. The molecule has 3 heterocycles. The number of rotatable bonds is 16. The second-order valence-electron chi connectivity index (χ2n) is 14.4. The van der Waals surface area contributed by atoms with Gasteiger partial charge in [-0.05, 0) is 64.5 Å². The average molecular weight is 688 g/mol. The number of carbonyl (C=O) groups is 4. The quantitative estimate of drug-likeness (QED) is 0.214. The highest BCUT2D eigenvalue weighted by atomic mass is 32.1. The van der Waals surface area contributed by atoms with Crippen LogP contribution in [0.25, 0.3) is 0 Å². The zero-order valence-corrected chi connectivity index (χ0v) is 31.0. The fourth-order valence-corrected chi connectivity index (χ4v) is 8.53. The van der Waals surface area contributed by atoms with Crippen LogP contribution in [-0.2, 0) is 25.5 Å². The molecule has 4 atom stereocenters. The number of ether oxygens (including phenoxy) is 1. The molecule has 0 unspecified atom stereocenters. The van der Waals surface area contributed by atoms with Crippen LogP contribution < -0.4 is 5.32 Å². The van der Waals surface area contributed by atoms with Crippen molar-refractivity contribution in [1.82, 2.24) is 25.1 Å². The van der Waals surface area contributed by atoms with Crippen molar-refractivity contribution in [3.05, 3.63) is 32.2 Å². The van der Waals surface area contributed by atoms with E-state index in [4.69, 9.17) is 4.74 Å². The van der Waals surface area contributed by atoms with Crippen LogP contribution in [0.3, 0.4) is 0 Å². The molecule has 1 aliphatic heterocycles. The van der Waals surface area contributed by atoms with E-state index in [1.165, 1.54) is 18.3 Å². The normalized spacial score (nSPS) is 19.7. The summed E-state index contributed by atoms with van der Waals surface area (Å²) in [5.74, 6) is -0.150. The Kier molecular flexibility index (Phi) is 12.7. The highest BCUT2D eigenvalue weighted by molar-refractivity contribution is 7.10. The summed E-state index contributed by atoms with van der Waals surface area (Å²) in [6.07, 6.45) is 5.75. The maximum absolute atomic E-state index is 14.0. The predicted molar refractivity (Wildman–Crippen MR) is 185 cm³/mol. The van der Waals surface area contributed by atoms with Crippen LogP contribution in [-0.4, -0.2) is 82.1 Å². The topological polar surface area (TPSA) is 122 Å². The number of esters is 1. The zero-order valence-electron chi connectivity index (χ0n) is 29.3. The van der Waals surface area contributed by atoms with Gasteiger partial charge in [0.2, 0.25) is 5.91 Å². The summed E-state index contributed by atoms with van der Waals surface area (Å²) in [7, 11) is 3.80. The number of likely N-dealkylation sites (N-methyl/N-ethyl adjacent to an activating group) is 1. The molecule has 4 rings (SSSR count). The summed E-state index contributed by atoms with van der Waals surface area (Å²) in [5.41, 5.74) is 0.602. The molecule has 0 radical (unpaired) electrons. The van der Waals surface area contributed by atoms with E-state index >= 15 is 0 Å². The van der Waals surface area contributed by atoms with Crippen molar-refractivity contribution < 1.29 is 23.9 Å². The van der Waals surface area contributed by atoms with E-state index in [9.17, 15) is 19.2 Å². The number of piperidine rings is 1. The van der Waals surface area contributed by atoms with E-state index in [0.29, 0.717) is 36.6 Å². The van der Waals surface area contributed by atoms with Crippen LogP contribution in [0.4, 0.5) is 0 Å². The van der Waals surface area contributed by atoms with E-state index in [1.807, 2.05) is 33.2 Å². The molecule has 260 valence electrons. The number of carbonyl (C=O) groups excluding carboxylic acids is 4. The molecule has 2 aromatic heterocycles. The highest BCUT2D eigenvalue weighted by Crippen LogP contribution is 2.51. The smallest absolute Gasteiger partial charge is 0.303 e. The van der Waals surface area contributed by atoms with E-state index in [0.717, 1.165) is 42.9 Å². The lowest BCUT2D eigenvalue weighted by Gasteiger charge is -2.36. The lowest BCUT2D eigenvalue weighted by molar-refractivity contribution is -0.149. The van der Waals surface area contributed by atoms with Gasteiger partial charge in [-0.15, -0.1) is 22.7 Å². The first kappa shape index (κ1) is 37.1. The number of thiazole rings is 2. The second kappa shape index (κ2) is 16.1. The summed E-state index contributed by atoms with van der Waals surface area (Å²) >= 11 is 2.88. The van der Waals surface area contributed by atoms with Crippen molar-refractivity contribution >= 4 is 46.2 Å². The number of likely N-dealkylation sites (tertiary alicyclic amines) is 1. The van der Waals surface area contributed by atoms with Crippen LogP contribution in [0.15, 0.2) is 10.8 Å². The fraction of sp³-hybridized carbons (Fsp3) is 0.714. The van der Waals surface area contributed by atoms with Gasteiger partial charge in [0.25, 0.3) is 5.91 Å². The zero-order chi connectivity index (χ0) is 34.5. The molecule has 2 aliphatic rings. The lowest BCUT2D eigenvalue weighted by Crippen LogP contribution is -2.47. The summed E-state index contributed by atoms with van der Waals surface area (Å²) in [6.45, 7) is 12.6. The molecule has 0 bridgehead atoms. The summed E-state index contributed by atoms with van der Waals surface area (Å²) in [6, 6.07) is -0.468. The number of hydrogen-bond donors (Lipinski definition) is 1. The Morgan fingerprint density at radius 2 is 1.81 bits per heavy atom. The van der Waals surface area contributed by atoms with Gasteiger partial charge in [-0.1, -0.05) is 34.1 Å². The molecule has 1 saturated heterocycles. The molecular formula is C35H53N5O5S2. The second-order valence-corrected chi connectivity index (χ2v) is 16.3. The third-order valence-corrected chi connectivity index (χ3v) is 11.4. The number of hydrogen-bond acceptors (Lipinski definition) is 10. The van der Waals surface area contributed by atoms with E-state index in [-0.39, 0.29) is 53.8 Å². The average Bonchev–Trinajstić information content (AvgIpc) is 3.38. The summed E-state index contributed by atoms with van der Waals surface area (Å²) in [5, 5.41) is 8.37. The van der Waals surface area contributed by atoms with Gasteiger partial charge >= 0.3 is 5.97 Å². The van der Waals surface area contributed by atoms with Gasteiger partial charge in [0.15, 0.2) is 11.9 Å². The van der Waals surface area contributed by atoms with Crippen molar-refractivity contribution in [2.24, 2.45) is 17.3 Å². The Morgan fingerprint density at radius 1 is 1.09 bits per heavy atom. The van der Waals surface area contributed by atoms with Crippen LogP contribution in [0.1, 0.15) is 118 Å². The first-order chi connectivity index (χ1) is 22.2. The Labute approximate surface area is 288 Å². The Morgan fingerprint density at radius 3 is 2.38 bits per heavy atom. The van der Waals surface area contributed by atoms with Crippen molar-refractivity contribution in [2.75, 3.05) is 20.6 Å². The molecule has 0 spiro atoms. The number of aromatic nitrogens is 2. The molecule has 2 fully saturated rings. The van der Waals surface area contributed by atoms with Crippen LogP contribution >= 0.6 is 22.7 Å². The largest absolute Gasteiger partial charge is 0.455 e. The predicted octanol–water partition coefficient (Wildman–Crippen LogP) is 6.00. The van der Waals surface area contributed by atoms with Gasteiger partial charge < -0.3 is 15.0 Å². The molecule has 2 amide bonds. The fourth-order valence-electron chi connectivity index (χ4n) is 6.84. The molecule has 12 heteroatoms. The van der Waals surface area contributed by atoms with Crippen molar-refractivity contribution in [3.63, 3.8) is 0 Å². The van der Waals surface area contributed by atoms with Gasteiger partial charge in [0, 0.05) is 61.8 Å². The number of nitrogens with zero attached hydrogens (tertiary/aromatic N) is 4. The van der Waals surface area contributed by atoms with Crippen LogP contribution in [0, 0.1) is 24.2 Å². The van der Waals surface area contributed by atoms with Gasteiger partial charge in [0.05, 0.1) is 16.5 Å². The van der Waals surface area contributed by atoms with Crippen LogP contribution in [0.2, 0.25) is 0 Å². The molecule has 0 aromatic carbocycles. The molecule has 2 aromatic rings. The maximum atomic E-state index is 14.0. The number of nitrogens with one attached hydrogen (secondary N) is 1. The Hall–Kier alpha value is -2.70. The third-order valence-electron chi connectivity index (χ3n) is 9.52. The Bertz CT molecular complexity index is 1400. The molecule has 1 saturated carbocycles.